The molecule has 2 aromatic rings. The topological polar surface area (TPSA) is 153 Å². The van der Waals surface area contributed by atoms with Gasteiger partial charge in [0.25, 0.3) is 5.88 Å². The number of aliphatic imine (C=N–C) groups is 1. The van der Waals surface area contributed by atoms with E-state index in [4.69, 9.17) is 21.5 Å². The minimum absolute atomic E-state index is 0.0429. The number of ether oxygens (including phenoxy) is 1. The third-order valence-corrected chi connectivity index (χ3v) is 3.89. The maximum Gasteiger partial charge on any atom is 0.287 e. The Bertz CT molecular complexity index is 873. The highest BCUT2D eigenvalue weighted by Crippen LogP contribution is 2.23. The Morgan fingerprint density at radius 3 is 2.88 bits per heavy atom. The fourth-order valence-electron chi connectivity index (χ4n) is 1.66. The van der Waals surface area contributed by atoms with Crippen LogP contribution in [0.25, 0.3) is 0 Å². The number of amidine groups is 1. The summed E-state index contributed by atoms with van der Waals surface area (Å²) in [6.07, 6.45) is 0.109. The van der Waals surface area contributed by atoms with E-state index in [2.05, 4.69) is 19.9 Å². The van der Waals surface area contributed by atoms with Gasteiger partial charge in [-0.25, -0.2) is 27.6 Å². The van der Waals surface area contributed by atoms with Crippen LogP contribution in [-0.2, 0) is 10.0 Å². The first kappa shape index (κ1) is 19.1. The van der Waals surface area contributed by atoms with E-state index in [9.17, 15) is 18.0 Å². The first-order chi connectivity index (χ1) is 11.8. The zero-order valence-corrected chi connectivity index (χ0v) is 14.1. The van der Waals surface area contributed by atoms with Gasteiger partial charge in [0.2, 0.25) is 15.7 Å². The molecule has 0 unspecified atom stereocenters. The second kappa shape index (κ2) is 8.20. The normalized spacial score (nSPS) is 12.2. The third kappa shape index (κ3) is 5.63. The molecule has 0 aliphatic rings. The van der Waals surface area contributed by atoms with Gasteiger partial charge in [-0.15, -0.1) is 0 Å². The number of aromatic nitrogens is 2. The molecule has 0 aliphatic carbocycles. The van der Waals surface area contributed by atoms with E-state index >= 15 is 0 Å². The van der Waals surface area contributed by atoms with Gasteiger partial charge in [-0.1, -0.05) is 11.6 Å². The summed E-state index contributed by atoms with van der Waals surface area (Å²) in [5.41, 5.74) is 1.93. The lowest BCUT2D eigenvalue weighted by atomic mass is 10.3. The molecule has 136 valence electrons. The van der Waals surface area contributed by atoms with Crippen LogP contribution in [0.4, 0.5) is 10.1 Å². The molecule has 0 bridgehead atoms. The number of nitrogens with one attached hydrogen (secondary N) is 1. The van der Waals surface area contributed by atoms with Gasteiger partial charge in [0, 0.05) is 0 Å². The maximum absolute atomic E-state index is 13.2. The van der Waals surface area contributed by atoms with E-state index in [0.717, 1.165) is 6.07 Å². The molecule has 0 fully saturated rings. The van der Waals surface area contributed by atoms with Crippen molar-refractivity contribution in [1.29, 1.82) is 0 Å². The van der Waals surface area contributed by atoms with E-state index in [1.807, 2.05) is 0 Å². The number of hydroxylamine groups is 1. The molecule has 10 nitrogen and oxygen atoms in total. The molecule has 2 rings (SSSR count). The second-order valence-electron chi connectivity index (χ2n) is 4.66. The molecule has 0 saturated carbocycles. The molecule has 4 N–H and O–H groups in total. The number of hydrogen-bond donors (Lipinski definition) is 3. The Kier molecular flexibility index (Phi) is 6.25. The van der Waals surface area contributed by atoms with Gasteiger partial charge in [-0.2, -0.15) is 0 Å². The lowest BCUT2D eigenvalue weighted by molar-refractivity contribution is 0.233. The number of sulfonamides is 1. The summed E-state index contributed by atoms with van der Waals surface area (Å²) in [7, 11) is -3.60. The van der Waals surface area contributed by atoms with Crippen LogP contribution in [-0.4, -0.2) is 42.1 Å². The highest BCUT2D eigenvalue weighted by molar-refractivity contribution is 7.89. The Morgan fingerprint density at radius 1 is 1.48 bits per heavy atom. The van der Waals surface area contributed by atoms with Crippen molar-refractivity contribution in [1.82, 2.24) is 15.8 Å². The standard InChI is InChI=1S/C12H13ClFN5O5S/c13-8-6-7(2-3-9(8)14)16-11(17-20)10-12(19-24-18-10)23-4-1-5-25(15,21)22/h2-3,6,20H,1,4-5H2,(H,16,17)(H2,15,21,22). The molecule has 1 aromatic carbocycles. The summed E-state index contributed by atoms with van der Waals surface area (Å²) in [5, 5.41) is 21.0. The van der Waals surface area contributed by atoms with E-state index in [0.29, 0.717) is 0 Å². The van der Waals surface area contributed by atoms with Crippen LogP contribution in [0, 0.1) is 5.82 Å². The SMILES string of the molecule is NS(=O)(=O)CCCOc1nonc1C(=Nc1ccc(F)c(Cl)c1)NO. The molecule has 0 amide bonds. The molecular formula is C12H13ClFN5O5S. The summed E-state index contributed by atoms with van der Waals surface area (Å²) in [4.78, 5) is 4.00. The molecule has 0 saturated heterocycles. The number of benzene rings is 1. The van der Waals surface area contributed by atoms with Gasteiger partial charge >= 0.3 is 0 Å². The third-order valence-electron chi connectivity index (χ3n) is 2.74. The predicted octanol–water partition coefficient (Wildman–Crippen LogP) is 0.977. The molecular weight excluding hydrogens is 381 g/mol. The Balaban J connectivity index is 2.14. The van der Waals surface area contributed by atoms with E-state index in [-0.39, 0.29) is 46.9 Å². The summed E-state index contributed by atoms with van der Waals surface area (Å²) in [6.45, 7) is -0.0429. The molecule has 13 heteroatoms. The number of nitrogens with two attached hydrogens (primary N) is 1. The van der Waals surface area contributed by atoms with Gasteiger partial charge in [0.1, 0.15) is 5.82 Å². The largest absolute Gasteiger partial charge is 0.474 e. The van der Waals surface area contributed by atoms with Crippen molar-refractivity contribution in [2.24, 2.45) is 10.1 Å². The molecule has 0 spiro atoms. The number of halogens is 2. The van der Waals surface area contributed by atoms with Crippen LogP contribution < -0.4 is 15.4 Å². The summed E-state index contributed by atoms with van der Waals surface area (Å²) >= 11 is 5.66. The quantitative estimate of drug-likeness (QED) is 0.272. The van der Waals surface area contributed by atoms with Crippen LogP contribution in [0.3, 0.4) is 0 Å². The van der Waals surface area contributed by atoms with Crippen molar-refractivity contribution >= 4 is 33.1 Å². The molecule has 1 heterocycles. The van der Waals surface area contributed by atoms with Gasteiger partial charge in [-0.3, -0.25) is 10.7 Å². The highest BCUT2D eigenvalue weighted by Gasteiger charge is 2.18. The average molecular weight is 394 g/mol. The minimum atomic E-state index is -3.60. The fraction of sp³-hybridized carbons (Fsp3) is 0.250. The van der Waals surface area contributed by atoms with E-state index < -0.39 is 15.8 Å². The molecule has 0 aliphatic heterocycles. The first-order valence-electron chi connectivity index (χ1n) is 6.70. The van der Waals surface area contributed by atoms with Gasteiger partial charge in [0.15, 0.2) is 5.84 Å². The summed E-state index contributed by atoms with van der Waals surface area (Å²) in [6, 6.07) is 3.65. The van der Waals surface area contributed by atoms with Crippen LogP contribution in [0.15, 0.2) is 27.8 Å². The van der Waals surface area contributed by atoms with Crippen LogP contribution in [0.5, 0.6) is 5.88 Å². The number of nitrogens with zero attached hydrogens (tertiary/aromatic N) is 3. The average Bonchev–Trinajstić information content (AvgIpc) is 3.00. The summed E-state index contributed by atoms with van der Waals surface area (Å²) in [5.74, 6) is -1.24. The maximum atomic E-state index is 13.2. The fourth-order valence-corrected chi connectivity index (χ4v) is 2.36. The van der Waals surface area contributed by atoms with Crippen molar-refractivity contribution in [3.8, 4) is 5.88 Å². The predicted molar refractivity (Wildman–Crippen MR) is 84.9 cm³/mol. The molecule has 0 radical (unpaired) electrons. The van der Waals surface area contributed by atoms with Crippen LogP contribution in [0.2, 0.25) is 5.02 Å². The number of primary sulfonamides is 1. The van der Waals surface area contributed by atoms with Crippen molar-refractivity contribution in [2.45, 2.75) is 6.42 Å². The molecule has 25 heavy (non-hydrogen) atoms. The monoisotopic (exact) mass is 393 g/mol. The molecule has 0 atom stereocenters. The van der Waals surface area contributed by atoms with Crippen LogP contribution >= 0.6 is 11.6 Å². The smallest absolute Gasteiger partial charge is 0.287 e. The van der Waals surface area contributed by atoms with E-state index in [1.165, 1.54) is 12.1 Å². The zero-order chi connectivity index (χ0) is 18.4. The first-order valence-corrected chi connectivity index (χ1v) is 8.79. The van der Waals surface area contributed by atoms with Crippen molar-refractivity contribution in [3.05, 3.63) is 34.7 Å². The van der Waals surface area contributed by atoms with Crippen molar-refractivity contribution in [2.75, 3.05) is 12.4 Å². The number of hydrogen-bond acceptors (Lipinski definition) is 8. The van der Waals surface area contributed by atoms with Gasteiger partial charge in [0.05, 0.1) is 23.1 Å². The number of rotatable bonds is 7. The van der Waals surface area contributed by atoms with Gasteiger partial charge in [-0.05, 0) is 34.9 Å². The minimum Gasteiger partial charge on any atom is -0.474 e. The van der Waals surface area contributed by atoms with Crippen molar-refractivity contribution in [3.63, 3.8) is 0 Å². The van der Waals surface area contributed by atoms with E-state index in [1.54, 1.807) is 5.48 Å². The second-order valence-corrected chi connectivity index (χ2v) is 6.80. The highest BCUT2D eigenvalue weighted by atomic mass is 35.5. The van der Waals surface area contributed by atoms with Crippen molar-refractivity contribution < 1.29 is 27.4 Å². The molecule has 1 aromatic heterocycles. The Morgan fingerprint density at radius 2 is 2.24 bits per heavy atom. The Labute approximate surface area is 146 Å². The lowest BCUT2D eigenvalue weighted by Gasteiger charge is -2.05. The summed E-state index contributed by atoms with van der Waals surface area (Å²) < 4.78 is 44.6. The lowest BCUT2D eigenvalue weighted by Crippen LogP contribution is -2.22. The zero-order valence-electron chi connectivity index (χ0n) is 12.5. The Hall–Kier alpha value is -2.28. The van der Waals surface area contributed by atoms with Gasteiger partial charge < -0.3 is 4.74 Å². The van der Waals surface area contributed by atoms with Crippen LogP contribution in [0.1, 0.15) is 12.1 Å².